The molecule has 2 N–H and O–H groups in total. The largest absolute Gasteiger partial charge is 0.329 e. The van der Waals surface area contributed by atoms with Gasteiger partial charge in [0.25, 0.3) is 0 Å². The maximum atomic E-state index is 13.6. The summed E-state index contributed by atoms with van der Waals surface area (Å²) < 4.78 is 13.6. The number of hydrogen-bond donors (Lipinski definition) is 2. The Bertz CT molecular complexity index is 700. The summed E-state index contributed by atoms with van der Waals surface area (Å²) in [5.74, 6) is 0.303. The van der Waals surface area contributed by atoms with Crippen LogP contribution in [0.25, 0.3) is 0 Å². The minimum Gasteiger partial charge on any atom is -0.329 e. The Labute approximate surface area is 149 Å². The Morgan fingerprint density at radius 3 is 2.60 bits per heavy atom. The Kier molecular flexibility index (Phi) is 6.94. The second-order valence-corrected chi connectivity index (χ2v) is 6.64. The summed E-state index contributed by atoms with van der Waals surface area (Å²) in [4.78, 5) is 13.9. The molecule has 2 unspecified atom stereocenters. The van der Waals surface area contributed by atoms with Crippen LogP contribution in [0.5, 0.6) is 0 Å². The Balaban J connectivity index is 0.00000109. The predicted molar refractivity (Wildman–Crippen MR) is 101 cm³/mol. The van der Waals surface area contributed by atoms with Crippen LogP contribution in [0.3, 0.4) is 0 Å². The van der Waals surface area contributed by atoms with Gasteiger partial charge in [0.1, 0.15) is 5.82 Å². The molecule has 3 nitrogen and oxygen atoms in total. The van der Waals surface area contributed by atoms with E-state index in [0.717, 1.165) is 30.4 Å². The summed E-state index contributed by atoms with van der Waals surface area (Å²) in [6.07, 6.45) is 5.08. The van der Waals surface area contributed by atoms with Crippen molar-refractivity contribution < 1.29 is 4.39 Å². The molecule has 3 rings (SSSR count). The number of nitrogens with one attached hydrogen (secondary N) is 2. The first-order chi connectivity index (χ1) is 12.0. The fourth-order valence-electron chi connectivity index (χ4n) is 3.58. The summed E-state index contributed by atoms with van der Waals surface area (Å²) in [5, 5.41) is 3.62. The fourth-order valence-corrected chi connectivity index (χ4v) is 3.58. The van der Waals surface area contributed by atoms with Gasteiger partial charge >= 0.3 is 0 Å². The van der Waals surface area contributed by atoms with Crippen LogP contribution in [-0.4, -0.2) is 11.0 Å². The van der Waals surface area contributed by atoms with Gasteiger partial charge in [-0.05, 0) is 67.9 Å². The highest BCUT2D eigenvalue weighted by Gasteiger charge is 2.27. The van der Waals surface area contributed by atoms with Gasteiger partial charge in [-0.15, -0.1) is 0 Å². The highest BCUT2D eigenvalue weighted by atomic mass is 19.1. The van der Waals surface area contributed by atoms with Crippen molar-refractivity contribution in [2.45, 2.75) is 65.0 Å². The third-order valence-corrected chi connectivity index (χ3v) is 4.76. The zero-order valence-corrected chi connectivity index (χ0v) is 15.6. The second-order valence-electron chi connectivity index (χ2n) is 6.64. The first-order valence-corrected chi connectivity index (χ1v) is 9.23. The minimum atomic E-state index is -0.175. The topological polar surface area (TPSA) is 44.9 Å². The second kappa shape index (κ2) is 8.95. The van der Waals surface area contributed by atoms with E-state index >= 15 is 0 Å². The summed E-state index contributed by atoms with van der Waals surface area (Å²) >= 11 is 0. The number of halogens is 1. The zero-order valence-electron chi connectivity index (χ0n) is 15.6. The van der Waals surface area contributed by atoms with Crippen molar-refractivity contribution in [2.75, 3.05) is 0 Å². The molecular weight excluding hydrogens is 315 g/mol. The van der Waals surface area contributed by atoms with E-state index in [9.17, 15) is 9.18 Å². The smallest absolute Gasteiger partial charge is 0.247 e. The van der Waals surface area contributed by atoms with Crippen LogP contribution in [-0.2, 0) is 0 Å². The van der Waals surface area contributed by atoms with Crippen molar-refractivity contribution in [1.29, 1.82) is 0 Å². The van der Waals surface area contributed by atoms with Crippen LogP contribution in [0.1, 0.15) is 68.7 Å². The quantitative estimate of drug-likeness (QED) is 0.834. The van der Waals surface area contributed by atoms with E-state index in [2.05, 4.69) is 17.2 Å². The van der Waals surface area contributed by atoms with Gasteiger partial charge in [-0.1, -0.05) is 26.0 Å². The number of benzene rings is 1. The molecule has 1 aromatic carbocycles. The Morgan fingerprint density at radius 2 is 1.96 bits per heavy atom. The van der Waals surface area contributed by atoms with Crippen molar-refractivity contribution in [2.24, 2.45) is 0 Å². The van der Waals surface area contributed by atoms with Crippen LogP contribution < -0.4 is 10.9 Å². The van der Waals surface area contributed by atoms with E-state index < -0.39 is 0 Å². The maximum absolute atomic E-state index is 13.6. The van der Waals surface area contributed by atoms with Gasteiger partial charge in [0.2, 0.25) is 5.56 Å². The normalized spacial score (nSPS) is 20.7. The van der Waals surface area contributed by atoms with Gasteiger partial charge in [-0.3, -0.25) is 4.79 Å². The monoisotopic (exact) mass is 344 g/mol. The van der Waals surface area contributed by atoms with Gasteiger partial charge in [-0.25, -0.2) is 4.39 Å². The van der Waals surface area contributed by atoms with E-state index in [-0.39, 0.29) is 17.4 Å². The highest BCUT2D eigenvalue weighted by molar-refractivity contribution is 5.26. The first kappa shape index (κ1) is 19.4. The third-order valence-electron chi connectivity index (χ3n) is 4.76. The van der Waals surface area contributed by atoms with E-state index in [1.807, 2.05) is 39.1 Å². The van der Waals surface area contributed by atoms with Gasteiger partial charge < -0.3 is 10.3 Å². The number of aromatic amines is 1. The highest BCUT2D eigenvalue weighted by Crippen LogP contribution is 2.34. The van der Waals surface area contributed by atoms with Crippen LogP contribution >= 0.6 is 0 Å². The maximum Gasteiger partial charge on any atom is 0.247 e. The van der Waals surface area contributed by atoms with E-state index in [1.54, 1.807) is 18.2 Å². The molecule has 1 heterocycles. The van der Waals surface area contributed by atoms with Crippen LogP contribution in [0.2, 0.25) is 0 Å². The molecule has 1 saturated carbocycles. The molecule has 0 aliphatic heterocycles. The number of rotatable bonds is 4. The van der Waals surface area contributed by atoms with Crippen molar-refractivity contribution in [3.63, 3.8) is 0 Å². The molecule has 1 aliphatic rings. The van der Waals surface area contributed by atoms with E-state index in [4.69, 9.17) is 0 Å². The predicted octanol–water partition coefficient (Wildman–Crippen LogP) is 4.84. The number of aromatic nitrogens is 1. The van der Waals surface area contributed by atoms with Crippen LogP contribution in [0, 0.1) is 12.7 Å². The molecule has 0 spiro atoms. The van der Waals surface area contributed by atoms with Crippen molar-refractivity contribution in [3.8, 4) is 0 Å². The molecular formula is C21H29FN2O. The van der Waals surface area contributed by atoms with Gasteiger partial charge in [0.05, 0.1) is 0 Å². The Hall–Kier alpha value is -1.94. The molecule has 25 heavy (non-hydrogen) atoms. The van der Waals surface area contributed by atoms with Crippen molar-refractivity contribution in [1.82, 2.24) is 10.3 Å². The molecule has 0 amide bonds. The average molecular weight is 344 g/mol. The Morgan fingerprint density at radius 1 is 1.20 bits per heavy atom. The summed E-state index contributed by atoms with van der Waals surface area (Å²) in [6.45, 7) is 8.00. The van der Waals surface area contributed by atoms with Crippen molar-refractivity contribution >= 4 is 0 Å². The lowest BCUT2D eigenvalue weighted by Gasteiger charge is -2.20. The lowest BCUT2D eigenvalue weighted by atomic mass is 9.99. The number of aryl methyl sites for hydroxylation is 1. The number of pyridine rings is 1. The molecule has 0 bridgehead atoms. The van der Waals surface area contributed by atoms with Gasteiger partial charge in [0.15, 0.2) is 0 Å². The van der Waals surface area contributed by atoms with Gasteiger partial charge in [0, 0.05) is 24.3 Å². The van der Waals surface area contributed by atoms with Crippen LogP contribution in [0.15, 0.2) is 41.3 Å². The summed E-state index contributed by atoms with van der Waals surface area (Å²) in [6, 6.07) is 9.26. The van der Waals surface area contributed by atoms with Crippen LogP contribution in [0.4, 0.5) is 4.39 Å². The third kappa shape index (κ3) is 5.27. The zero-order chi connectivity index (χ0) is 18.4. The molecule has 136 valence electrons. The first-order valence-electron chi connectivity index (χ1n) is 9.23. The molecule has 1 fully saturated rings. The minimum absolute atomic E-state index is 0.0588. The molecule has 4 heteroatoms. The molecule has 2 aromatic rings. The number of hydrogen-bond acceptors (Lipinski definition) is 2. The average Bonchev–Trinajstić information content (AvgIpc) is 3.05. The van der Waals surface area contributed by atoms with E-state index in [0.29, 0.717) is 12.0 Å². The summed E-state index contributed by atoms with van der Waals surface area (Å²) in [5.41, 5.74) is 3.08. The van der Waals surface area contributed by atoms with Crippen molar-refractivity contribution in [3.05, 3.63) is 69.4 Å². The molecule has 3 atom stereocenters. The summed E-state index contributed by atoms with van der Waals surface area (Å²) in [7, 11) is 0. The molecule has 1 aromatic heterocycles. The lowest BCUT2D eigenvalue weighted by molar-refractivity contribution is 0.455. The van der Waals surface area contributed by atoms with E-state index in [1.165, 1.54) is 5.56 Å². The standard InChI is InChI=1S/C19H23FN2O.C2H6/c1-12-7-16(9-17(20)8-12)13(2)22-18-5-3-14(10-18)15-4-6-19(23)21-11-15;1-2/h4,6-9,11,13-14,18,22H,3,5,10H2,1-2H3,(H,21,23);1-2H3/t13?,14-,18?;/m0./s1. The number of H-pyrrole nitrogens is 1. The lowest BCUT2D eigenvalue weighted by Crippen LogP contribution is -2.29. The fraction of sp³-hybridized carbons (Fsp3) is 0.476. The molecule has 0 saturated heterocycles. The molecule has 0 radical (unpaired) electrons. The van der Waals surface area contributed by atoms with Gasteiger partial charge in [-0.2, -0.15) is 0 Å². The molecule has 1 aliphatic carbocycles. The SMILES string of the molecule is CC.Cc1cc(F)cc(C(C)NC2CC[C@H](c3ccc(=O)[nH]c3)C2)c1.